The predicted molar refractivity (Wildman–Crippen MR) is 166 cm³/mol. The average Bonchev–Trinajstić information content (AvgIpc) is 3.08. The van der Waals surface area contributed by atoms with E-state index in [0.717, 1.165) is 6.04 Å². The van der Waals surface area contributed by atoms with Gasteiger partial charge >= 0.3 is 12.1 Å². The van der Waals surface area contributed by atoms with Gasteiger partial charge in [0.1, 0.15) is 12.8 Å². The number of nitrogens with zero attached hydrogens (tertiary/aromatic N) is 3. The number of carbonyl (C=O) groups excluding carboxylic acids is 2. The molecule has 0 fully saturated rings. The fraction of sp³-hybridized carbons (Fsp3) is 0.469. The number of amides is 2. The highest BCUT2D eigenvalue weighted by Crippen LogP contribution is 2.33. The Kier molecular flexibility index (Phi) is 12.1. The maximum atomic E-state index is 14.2. The van der Waals surface area contributed by atoms with E-state index in [4.69, 9.17) is 4.74 Å². The summed E-state index contributed by atoms with van der Waals surface area (Å²) in [6, 6.07) is 16.5. The molecule has 2 N–H and O–H groups in total. The molecule has 0 spiro atoms. The highest BCUT2D eigenvalue weighted by molar-refractivity contribution is 6.76. The first kappa shape index (κ1) is 35.5. The van der Waals surface area contributed by atoms with Gasteiger partial charge < -0.3 is 15.2 Å². The van der Waals surface area contributed by atoms with Gasteiger partial charge in [-0.3, -0.25) is 19.3 Å². The highest BCUT2D eigenvalue weighted by Gasteiger charge is 2.40. The van der Waals surface area contributed by atoms with Crippen molar-refractivity contribution in [3.63, 3.8) is 0 Å². The molecule has 0 radical (unpaired) electrons. The molecular formula is C32H39F3N4O5Si. The minimum absolute atomic E-state index is 0.0313. The summed E-state index contributed by atoms with van der Waals surface area (Å²) >= 11 is 0. The minimum Gasteiger partial charge on any atom is -0.481 e. The molecule has 0 saturated carbocycles. The number of anilines is 1. The van der Waals surface area contributed by atoms with Crippen molar-refractivity contribution in [3.8, 4) is 6.07 Å². The summed E-state index contributed by atoms with van der Waals surface area (Å²) in [5.41, 5.74) is 1.62. The quantitative estimate of drug-likeness (QED) is 0.193. The van der Waals surface area contributed by atoms with Gasteiger partial charge in [0.2, 0.25) is 12.1 Å². The lowest BCUT2D eigenvalue weighted by Crippen LogP contribution is -2.51. The molecule has 2 aromatic carbocycles. The van der Waals surface area contributed by atoms with Crippen molar-refractivity contribution in [2.24, 2.45) is 16.8 Å². The number of carboxylic acids is 1. The molecule has 45 heavy (non-hydrogen) atoms. The molecule has 242 valence electrons. The number of ether oxygens (including phenoxy) is 1. The van der Waals surface area contributed by atoms with Crippen LogP contribution in [0.3, 0.4) is 0 Å². The van der Waals surface area contributed by atoms with E-state index in [1.807, 2.05) is 0 Å². The molecule has 13 heteroatoms. The summed E-state index contributed by atoms with van der Waals surface area (Å²) < 4.78 is 45.6. The average molecular weight is 645 g/mol. The van der Waals surface area contributed by atoms with Crippen molar-refractivity contribution < 1.29 is 37.4 Å². The Morgan fingerprint density at radius 1 is 1.11 bits per heavy atom. The maximum Gasteiger partial charge on any atom is 0.389 e. The van der Waals surface area contributed by atoms with Crippen molar-refractivity contribution in [2.75, 3.05) is 18.2 Å². The van der Waals surface area contributed by atoms with Gasteiger partial charge in [-0.1, -0.05) is 75.5 Å². The molecule has 1 aliphatic rings. The fourth-order valence-corrected chi connectivity index (χ4v) is 5.85. The van der Waals surface area contributed by atoms with Crippen molar-refractivity contribution >= 4 is 37.3 Å². The van der Waals surface area contributed by atoms with Gasteiger partial charge in [0.25, 0.3) is 5.91 Å². The largest absolute Gasteiger partial charge is 0.481 e. The number of carbonyl (C=O) groups is 3. The second kappa shape index (κ2) is 15.3. The van der Waals surface area contributed by atoms with Crippen LogP contribution in [0.2, 0.25) is 25.7 Å². The second-order valence-electron chi connectivity index (χ2n) is 12.2. The van der Waals surface area contributed by atoms with Crippen LogP contribution < -0.4 is 10.2 Å². The molecule has 9 nitrogen and oxygen atoms in total. The molecule has 2 aromatic rings. The highest BCUT2D eigenvalue weighted by atomic mass is 28.3. The summed E-state index contributed by atoms with van der Waals surface area (Å²) in [6.07, 6.45) is -8.12. The van der Waals surface area contributed by atoms with Crippen molar-refractivity contribution in [1.29, 1.82) is 5.26 Å². The summed E-state index contributed by atoms with van der Waals surface area (Å²) in [5, 5.41) is 22.3. The van der Waals surface area contributed by atoms with E-state index in [-0.39, 0.29) is 30.1 Å². The van der Waals surface area contributed by atoms with Gasteiger partial charge in [-0.2, -0.15) is 18.4 Å². The minimum atomic E-state index is -4.62. The van der Waals surface area contributed by atoms with Crippen molar-refractivity contribution in [2.45, 2.75) is 70.6 Å². The van der Waals surface area contributed by atoms with Crippen LogP contribution in [0.25, 0.3) is 0 Å². The number of benzodiazepines with no additional fused rings is 1. The normalized spacial score (nSPS) is 16.6. The number of nitrogens with one attached hydrogen (secondary N) is 1. The van der Waals surface area contributed by atoms with E-state index in [2.05, 4.69) is 36.0 Å². The maximum absolute atomic E-state index is 14.2. The lowest BCUT2D eigenvalue weighted by Gasteiger charge is -2.28. The van der Waals surface area contributed by atoms with Crippen molar-refractivity contribution in [3.05, 3.63) is 65.2 Å². The number of hydrogen-bond acceptors (Lipinski definition) is 6. The van der Waals surface area contributed by atoms with E-state index in [1.165, 1.54) is 11.0 Å². The van der Waals surface area contributed by atoms with Crippen molar-refractivity contribution in [1.82, 2.24) is 5.32 Å². The SMILES string of the molecule is CCCC(C(=O)O)C(CCC(F)(F)F)C(=O)NC1N=C(c2ccccc2)c2cccc(C#N)c2N(COCC[Si](C)(C)C)C1=O. The summed E-state index contributed by atoms with van der Waals surface area (Å²) in [4.78, 5) is 45.8. The van der Waals surface area contributed by atoms with E-state index < -0.39 is 62.9 Å². The van der Waals surface area contributed by atoms with Gasteiger partial charge in [-0.15, -0.1) is 0 Å². The Morgan fingerprint density at radius 3 is 2.38 bits per heavy atom. The van der Waals surface area contributed by atoms with Gasteiger partial charge in [-0.25, -0.2) is 4.99 Å². The number of fused-ring (bicyclic) bond motifs is 1. The number of nitriles is 1. The monoisotopic (exact) mass is 644 g/mol. The van der Waals surface area contributed by atoms with E-state index in [9.17, 15) is 37.9 Å². The summed E-state index contributed by atoms with van der Waals surface area (Å²) in [5.74, 6) is -6.18. The van der Waals surface area contributed by atoms with Crippen LogP contribution in [0.1, 0.15) is 49.3 Å². The molecule has 1 aliphatic heterocycles. The Bertz CT molecular complexity index is 1440. The first-order valence-electron chi connectivity index (χ1n) is 14.8. The van der Waals surface area contributed by atoms with Crippen LogP contribution in [0, 0.1) is 23.2 Å². The topological polar surface area (TPSA) is 132 Å². The zero-order valence-corrected chi connectivity index (χ0v) is 26.9. The lowest BCUT2D eigenvalue weighted by molar-refractivity contribution is -0.154. The van der Waals surface area contributed by atoms with Gasteiger partial charge in [-0.05, 0) is 25.0 Å². The molecule has 0 bridgehead atoms. The molecule has 0 aliphatic carbocycles. The zero-order valence-electron chi connectivity index (χ0n) is 25.9. The third kappa shape index (κ3) is 9.73. The number of aliphatic imine (C=N–C) groups is 1. The fourth-order valence-electron chi connectivity index (χ4n) is 5.09. The molecule has 1 heterocycles. The van der Waals surface area contributed by atoms with Crippen LogP contribution in [-0.2, 0) is 19.1 Å². The molecule has 0 saturated heterocycles. The van der Waals surface area contributed by atoms with Crippen LogP contribution in [0.5, 0.6) is 0 Å². The van der Waals surface area contributed by atoms with Gasteiger partial charge in [0, 0.05) is 32.2 Å². The predicted octanol–water partition coefficient (Wildman–Crippen LogP) is 5.96. The Morgan fingerprint density at radius 2 is 1.80 bits per heavy atom. The molecule has 0 aromatic heterocycles. The number of halogens is 3. The number of benzene rings is 2. The third-order valence-corrected chi connectivity index (χ3v) is 9.16. The number of carboxylic acid groups (broad SMARTS) is 1. The zero-order chi connectivity index (χ0) is 33.4. The Balaban J connectivity index is 2.12. The molecular weight excluding hydrogens is 605 g/mol. The molecule has 3 atom stereocenters. The Labute approximate surface area is 262 Å². The van der Waals surface area contributed by atoms with Crippen LogP contribution >= 0.6 is 0 Å². The number of alkyl halides is 3. The number of para-hydroxylation sites is 1. The number of aliphatic carboxylic acids is 1. The Hall–Kier alpha value is -4.02. The first-order chi connectivity index (χ1) is 21.2. The number of hydrogen-bond donors (Lipinski definition) is 2. The summed E-state index contributed by atoms with van der Waals surface area (Å²) in [7, 11) is -1.50. The van der Waals surface area contributed by atoms with Gasteiger partial charge in [0.15, 0.2) is 0 Å². The van der Waals surface area contributed by atoms with E-state index in [1.54, 1.807) is 49.4 Å². The van der Waals surface area contributed by atoms with E-state index in [0.29, 0.717) is 24.2 Å². The third-order valence-electron chi connectivity index (χ3n) is 7.46. The first-order valence-corrected chi connectivity index (χ1v) is 18.5. The molecule has 3 unspecified atom stereocenters. The smallest absolute Gasteiger partial charge is 0.389 e. The summed E-state index contributed by atoms with van der Waals surface area (Å²) in [6.45, 7) is 8.23. The number of rotatable bonds is 14. The van der Waals surface area contributed by atoms with Crippen LogP contribution in [0.4, 0.5) is 18.9 Å². The lowest BCUT2D eigenvalue weighted by atomic mass is 9.84. The van der Waals surface area contributed by atoms with Gasteiger partial charge in [0.05, 0.1) is 28.8 Å². The van der Waals surface area contributed by atoms with Crippen LogP contribution in [0.15, 0.2) is 53.5 Å². The second-order valence-corrected chi connectivity index (χ2v) is 17.8. The molecule has 3 rings (SSSR count). The molecule has 2 amide bonds. The van der Waals surface area contributed by atoms with E-state index >= 15 is 0 Å². The van der Waals surface area contributed by atoms with Crippen LogP contribution in [-0.4, -0.2) is 62.4 Å². The standard InChI is InChI=1S/C32H39F3N4O5Si/c1-5-10-24(31(42)43)23(15-16-32(33,34)35)29(40)38-28-30(41)39(20-44-17-18-45(2,3)4)27-22(19-36)13-9-14-25(27)26(37-28)21-11-7-6-8-12-21/h6-9,11-14,23-24,28H,5,10,15-18,20H2,1-4H3,(H,38,40)(H,42,43).